The molecule has 1 saturated heterocycles. The van der Waals surface area contributed by atoms with Gasteiger partial charge in [0, 0.05) is 24.1 Å². The molecule has 2 aliphatic heterocycles. The van der Waals surface area contributed by atoms with Gasteiger partial charge in [0.05, 0.1) is 0 Å². The van der Waals surface area contributed by atoms with Gasteiger partial charge in [-0.2, -0.15) is 0 Å². The molecule has 0 radical (unpaired) electrons. The first-order valence-corrected chi connectivity index (χ1v) is 10.9. The zero-order valence-electron chi connectivity index (χ0n) is 16.7. The van der Waals surface area contributed by atoms with E-state index >= 15 is 0 Å². The maximum absolute atomic E-state index is 12.7. The lowest BCUT2D eigenvalue weighted by Crippen LogP contribution is -2.71. The van der Waals surface area contributed by atoms with Crippen molar-refractivity contribution in [3.05, 3.63) is 46.7 Å². The molecule has 3 unspecified atom stereocenters. The van der Waals surface area contributed by atoms with E-state index in [-0.39, 0.29) is 35.1 Å². The fourth-order valence-corrected chi connectivity index (χ4v) is 4.93. The molecule has 10 nitrogen and oxygen atoms in total. The molecule has 0 aliphatic carbocycles. The minimum atomic E-state index is -1.55. The molecule has 2 aliphatic rings. The summed E-state index contributed by atoms with van der Waals surface area (Å²) in [5, 5.41) is 20.8. The molecular formula is C20H19ClN2O8S. The van der Waals surface area contributed by atoms with Crippen molar-refractivity contribution in [1.82, 2.24) is 10.2 Å². The van der Waals surface area contributed by atoms with Gasteiger partial charge in [-0.05, 0) is 11.1 Å². The average molecular weight is 483 g/mol. The van der Waals surface area contributed by atoms with Gasteiger partial charge in [0.25, 0.3) is 5.91 Å². The first kappa shape index (κ1) is 23.6. The van der Waals surface area contributed by atoms with Crippen LogP contribution in [0.5, 0.6) is 0 Å². The van der Waals surface area contributed by atoms with E-state index in [1.54, 1.807) is 12.1 Å². The fraction of sp³-hybridized carbons (Fsp3) is 0.350. The summed E-state index contributed by atoms with van der Waals surface area (Å²) < 4.78 is 4.86. The highest BCUT2D eigenvalue weighted by Crippen LogP contribution is 2.40. The van der Waals surface area contributed by atoms with E-state index in [4.69, 9.17) is 16.3 Å². The van der Waals surface area contributed by atoms with Crippen LogP contribution in [0.4, 0.5) is 0 Å². The van der Waals surface area contributed by atoms with Crippen LogP contribution in [0, 0.1) is 0 Å². The highest BCUT2D eigenvalue weighted by molar-refractivity contribution is 8.00. The van der Waals surface area contributed by atoms with Crippen LogP contribution in [-0.4, -0.2) is 68.6 Å². The molecule has 3 N–H and O–H groups in total. The second-order valence-electron chi connectivity index (χ2n) is 7.08. The van der Waals surface area contributed by atoms with Crippen LogP contribution in [0.1, 0.15) is 24.0 Å². The van der Waals surface area contributed by atoms with Gasteiger partial charge in [0.1, 0.15) is 23.7 Å². The molecule has 0 bridgehead atoms. The third kappa shape index (κ3) is 4.58. The second-order valence-corrected chi connectivity index (χ2v) is 8.45. The number of halogens is 1. The number of carbonyl (C=O) groups is 5. The van der Waals surface area contributed by atoms with Crippen molar-refractivity contribution in [3.63, 3.8) is 0 Å². The predicted octanol–water partition coefficient (Wildman–Crippen LogP) is 0.895. The van der Waals surface area contributed by atoms with Crippen molar-refractivity contribution in [2.45, 2.75) is 30.1 Å². The summed E-state index contributed by atoms with van der Waals surface area (Å²) in [4.78, 5) is 61.0. The topological polar surface area (TPSA) is 150 Å². The number of nitrogens with zero attached hydrogens (tertiary/aromatic N) is 1. The van der Waals surface area contributed by atoms with Crippen LogP contribution in [0.2, 0.25) is 0 Å². The number of amides is 2. The zero-order valence-corrected chi connectivity index (χ0v) is 18.3. The van der Waals surface area contributed by atoms with Crippen LogP contribution in [0.15, 0.2) is 35.5 Å². The number of esters is 1. The van der Waals surface area contributed by atoms with Crippen molar-refractivity contribution in [2.75, 3.05) is 12.4 Å². The van der Waals surface area contributed by atoms with Gasteiger partial charge in [0.2, 0.25) is 5.91 Å². The molecule has 1 aromatic rings. The number of alkyl halides is 1. The Morgan fingerprint density at radius 3 is 2.44 bits per heavy atom. The number of hydrogen-bond donors (Lipinski definition) is 3. The second kappa shape index (κ2) is 9.61. The number of hydrogen-bond acceptors (Lipinski definition) is 7. The van der Waals surface area contributed by atoms with Gasteiger partial charge >= 0.3 is 17.9 Å². The van der Waals surface area contributed by atoms with Gasteiger partial charge in [-0.1, -0.05) is 24.3 Å². The Kier molecular flexibility index (Phi) is 7.09. The monoisotopic (exact) mass is 482 g/mol. The summed E-state index contributed by atoms with van der Waals surface area (Å²) in [5.41, 5.74) is 0.936. The third-order valence-electron chi connectivity index (χ3n) is 4.97. The lowest BCUT2D eigenvalue weighted by Gasteiger charge is -2.49. The van der Waals surface area contributed by atoms with Crippen LogP contribution in [-0.2, 0) is 34.6 Å². The number of nitrogens with one attached hydrogen (secondary N) is 1. The lowest BCUT2D eigenvalue weighted by atomic mass is 9.95. The molecule has 1 aromatic carbocycles. The SMILES string of the molecule is CC(=O)OCC1=C(C(=O)O)N2C(=O)C(NC(=O)C(C(=O)O)c3ccc(CCl)cc3)C2SC1. The van der Waals surface area contributed by atoms with Gasteiger partial charge < -0.3 is 20.3 Å². The molecule has 3 rings (SSSR count). The molecule has 170 valence electrons. The molecule has 32 heavy (non-hydrogen) atoms. The lowest BCUT2D eigenvalue weighted by molar-refractivity contribution is -0.152. The van der Waals surface area contributed by atoms with E-state index < -0.39 is 47.1 Å². The molecule has 0 aromatic heterocycles. The van der Waals surface area contributed by atoms with Gasteiger partial charge in [0.15, 0.2) is 5.92 Å². The van der Waals surface area contributed by atoms with E-state index in [1.165, 1.54) is 30.8 Å². The molecule has 1 fully saturated rings. The average Bonchev–Trinajstić information content (AvgIpc) is 2.75. The van der Waals surface area contributed by atoms with Crippen molar-refractivity contribution in [3.8, 4) is 0 Å². The number of thioether (sulfide) groups is 1. The summed E-state index contributed by atoms with van der Waals surface area (Å²) in [5.74, 6) is -6.07. The Hall–Kier alpha value is -3.05. The Labute approximate surface area is 191 Å². The summed E-state index contributed by atoms with van der Waals surface area (Å²) in [7, 11) is 0. The van der Waals surface area contributed by atoms with Crippen LogP contribution in [0.3, 0.4) is 0 Å². The molecule has 12 heteroatoms. The van der Waals surface area contributed by atoms with Gasteiger partial charge in [-0.15, -0.1) is 23.4 Å². The van der Waals surface area contributed by atoms with Gasteiger partial charge in [-0.3, -0.25) is 24.1 Å². The predicted molar refractivity (Wildman–Crippen MR) is 113 cm³/mol. The van der Waals surface area contributed by atoms with E-state index in [1.807, 2.05) is 0 Å². The number of aliphatic carboxylic acids is 2. The maximum Gasteiger partial charge on any atom is 0.352 e. The number of benzene rings is 1. The van der Waals surface area contributed by atoms with Gasteiger partial charge in [-0.25, -0.2) is 4.79 Å². The van der Waals surface area contributed by atoms with Crippen molar-refractivity contribution >= 4 is 53.1 Å². The van der Waals surface area contributed by atoms with Crippen LogP contribution in [0.25, 0.3) is 0 Å². The highest BCUT2D eigenvalue weighted by atomic mass is 35.5. The number of fused-ring (bicyclic) bond motifs is 1. The number of β-lactam (4-membered cyclic amide) rings is 1. The number of ether oxygens (including phenoxy) is 1. The largest absolute Gasteiger partial charge is 0.480 e. The summed E-state index contributed by atoms with van der Waals surface area (Å²) >= 11 is 6.91. The van der Waals surface area contributed by atoms with E-state index in [0.29, 0.717) is 0 Å². The molecule has 0 spiro atoms. The first-order chi connectivity index (χ1) is 15.1. The Morgan fingerprint density at radius 2 is 1.91 bits per heavy atom. The molecular weight excluding hydrogens is 464 g/mol. The van der Waals surface area contributed by atoms with Crippen molar-refractivity contribution in [1.29, 1.82) is 0 Å². The maximum atomic E-state index is 12.7. The third-order valence-corrected chi connectivity index (χ3v) is 6.62. The summed E-state index contributed by atoms with van der Waals surface area (Å²) in [6, 6.07) is 5.08. The summed E-state index contributed by atoms with van der Waals surface area (Å²) in [6.07, 6.45) is 0. The number of rotatable bonds is 8. The van der Waals surface area contributed by atoms with Crippen molar-refractivity contribution in [2.24, 2.45) is 0 Å². The minimum Gasteiger partial charge on any atom is -0.480 e. The van der Waals surface area contributed by atoms with Crippen LogP contribution >= 0.6 is 23.4 Å². The number of carboxylic acids is 2. The molecule has 3 atom stereocenters. The zero-order chi connectivity index (χ0) is 23.6. The molecule has 2 heterocycles. The molecule has 0 saturated carbocycles. The normalized spacial score (nSPS) is 20.7. The van der Waals surface area contributed by atoms with Crippen molar-refractivity contribution < 1.29 is 38.9 Å². The number of carboxylic acid groups (broad SMARTS) is 2. The standard InChI is InChI=1S/C20H19ClN2O8S/c1-9(24)31-7-12-8-32-18-14(17(26)23(18)15(12)20(29)30)22-16(25)13(19(27)28)11-4-2-10(6-21)3-5-11/h2-5,13-14,18H,6-8H2,1H3,(H,22,25)(H,27,28)(H,29,30). The van der Waals surface area contributed by atoms with E-state index in [0.717, 1.165) is 10.5 Å². The van der Waals surface area contributed by atoms with E-state index in [2.05, 4.69) is 5.32 Å². The van der Waals surface area contributed by atoms with E-state index in [9.17, 15) is 34.2 Å². The van der Waals surface area contributed by atoms with Crippen LogP contribution < -0.4 is 5.32 Å². The quantitative estimate of drug-likeness (QED) is 0.212. The Bertz CT molecular complexity index is 1010. The fourth-order valence-electron chi connectivity index (χ4n) is 3.42. The smallest absolute Gasteiger partial charge is 0.352 e. The first-order valence-electron chi connectivity index (χ1n) is 9.37. The number of carbonyl (C=O) groups excluding carboxylic acids is 3. The minimum absolute atomic E-state index is 0.165. The highest BCUT2D eigenvalue weighted by Gasteiger charge is 2.54. The summed E-state index contributed by atoms with van der Waals surface area (Å²) in [6.45, 7) is 0.916. The Balaban J connectivity index is 1.77. The molecule has 2 amide bonds. The Morgan fingerprint density at radius 1 is 1.25 bits per heavy atom.